The van der Waals surface area contributed by atoms with Gasteiger partial charge in [-0.05, 0) is 19.1 Å². The molecule has 1 aliphatic carbocycles. The molecule has 1 rings (SSSR count). The average molecular weight is 130 g/mol. The first kappa shape index (κ1) is 6.46. The van der Waals surface area contributed by atoms with Crippen molar-refractivity contribution in [3.63, 3.8) is 0 Å². The highest BCUT2D eigenvalue weighted by atomic mass is 19.2. The van der Waals surface area contributed by atoms with E-state index in [1.54, 1.807) is 13.0 Å². The van der Waals surface area contributed by atoms with Gasteiger partial charge in [0.1, 0.15) is 0 Å². The van der Waals surface area contributed by atoms with Crippen LogP contribution in [-0.4, -0.2) is 12.3 Å². The van der Waals surface area contributed by atoms with Crippen molar-refractivity contribution >= 4 is 0 Å². The molecule has 0 aromatic rings. The summed E-state index contributed by atoms with van der Waals surface area (Å²) in [5.74, 6) is 0. The lowest BCUT2D eigenvalue weighted by molar-refractivity contribution is 0.244. The Morgan fingerprint density at radius 1 is 1.33 bits per heavy atom. The average Bonchev–Trinajstić information content (AvgIpc) is 1.80. The van der Waals surface area contributed by atoms with Crippen molar-refractivity contribution in [3.8, 4) is 0 Å². The summed E-state index contributed by atoms with van der Waals surface area (Å²) >= 11 is 0. The first-order chi connectivity index (χ1) is 4.20. The van der Waals surface area contributed by atoms with Crippen LogP contribution in [0.1, 0.15) is 6.92 Å². The third-order valence-corrected chi connectivity index (χ3v) is 1.27. The summed E-state index contributed by atoms with van der Waals surface area (Å²) in [5.41, 5.74) is 0.788. The third kappa shape index (κ3) is 1.37. The standard InChI is InChI=1S/C7H8F2/c1-5-2-3-6(8)7(9)4-5/h2-4,6-7H,1H3. The van der Waals surface area contributed by atoms with Crippen LogP contribution in [0, 0.1) is 0 Å². The Balaban J connectivity index is 2.70. The molecule has 0 radical (unpaired) electrons. The van der Waals surface area contributed by atoms with Gasteiger partial charge in [0.15, 0.2) is 12.3 Å². The maximum absolute atomic E-state index is 12.3. The SMILES string of the molecule is CC1=CC(F)C(F)C=C1. The van der Waals surface area contributed by atoms with E-state index >= 15 is 0 Å². The van der Waals surface area contributed by atoms with Gasteiger partial charge in [-0.3, -0.25) is 0 Å². The van der Waals surface area contributed by atoms with Crippen LogP contribution in [0.5, 0.6) is 0 Å². The molecule has 0 amide bonds. The summed E-state index contributed by atoms with van der Waals surface area (Å²) < 4.78 is 24.6. The Morgan fingerprint density at radius 3 is 2.44 bits per heavy atom. The molecule has 2 heteroatoms. The lowest BCUT2D eigenvalue weighted by atomic mass is 10.1. The molecule has 0 aromatic heterocycles. The van der Waals surface area contributed by atoms with E-state index in [-0.39, 0.29) is 0 Å². The molecular weight excluding hydrogens is 122 g/mol. The number of alkyl halides is 2. The van der Waals surface area contributed by atoms with E-state index in [0.29, 0.717) is 0 Å². The molecule has 0 saturated heterocycles. The molecule has 0 spiro atoms. The smallest absolute Gasteiger partial charge is 0.153 e. The third-order valence-electron chi connectivity index (χ3n) is 1.27. The molecule has 0 aromatic carbocycles. The zero-order valence-electron chi connectivity index (χ0n) is 5.14. The fourth-order valence-electron chi connectivity index (χ4n) is 0.748. The summed E-state index contributed by atoms with van der Waals surface area (Å²) in [6.07, 6.45) is 1.23. The first-order valence-corrected chi connectivity index (χ1v) is 2.85. The van der Waals surface area contributed by atoms with Gasteiger partial charge in [-0.2, -0.15) is 0 Å². The van der Waals surface area contributed by atoms with Crippen molar-refractivity contribution in [3.05, 3.63) is 23.8 Å². The van der Waals surface area contributed by atoms with Crippen molar-refractivity contribution < 1.29 is 8.78 Å². The zero-order chi connectivity index (χ0) is 6.85. The molecule has 50 valence electrons. The van der Waals surface area contributed by atoms with Crippen LogP contribution in [0.25, 0.3) is 0 Å². The number of halogens is 2. The molecule has 0 heterocycles. The van der Waals surface area contributed by atoms with Gasteiger partial charge < -0.3 is 0 Å². The van der Waals surface area contributed by atoms with Gasteiger partial charge in [0.05, 0.1) is 0 Å². The van der Waals surface area contributed by atoms with Crippen LogP contribution in [-0.2, 0) is 0 Å². The van der Waals surface area contributed by atoms with E-state index in [2.05, 4.69) is 0 Å². The molecule has 2 unspecified atom stereocenters. The summed E-state index contributed by atoms with van der Waals surface area (Å²) in [7, 11) is 0. The molecule has 0 saturated carbocycles. The molecular formula is C7H8F2. The van der Waals surface area contributed by atoms with E-state index in [4.69, 9.17) is 0 Å². The minimum Gasteiger partial charge on any atom is -0.239 e. The number of rotatable bonds is 0. The zero-order valence-corrected chi connectivity index (χ0v) is 5.14. The van der Waals surface area contributed by atoms with Crippen molar-refractivity contribution in [2.24, 2.45) is 0 Å². The van der Waals surface area contributed by atoms with Crippen LogP contribution in [0.2, 0.25) is 0 Å². The van der Waals surface area contributed by atoms with Crippen molar-refractivity contribution in [2.45, 2.75) is 19.3 Å². The van der Waals surface area contributed by atoms with Crippen LogP contribution in [0.3, 0.4) is 0 Å². The predicted molar refractivity (Wildman–Crippen MR) is 32.7 cm³/mol. The monoisotopic (exact) mass is 130 g/mol. The van der Waals surface area contributed by atoms with Gasteiger partial charge in [-0.15, -0.1) is 0 Å². The van der Waals surface area contributed by atoms with Gasteiger partial charge >= 0.3 is 0 Å². The van der Waals surface area contributed by atoms with Crippen LogP contribution in [0.4, 0.5) is 8.78 Å². The normalized spacial score (nSPS) is 34.3. The van der Waals surface area contributed by atoms with E-state index in [9.17, 15) is 8.78 Å². The van der Waals surface area contributed by atoms with Gasteiger partial charge in [0.25, 0.3) is 0 Å². The summed E-state index contributed by atoms with van der Waals surface area (Å²) in [6.45, 7) is 1.74. The minimum absolute atomic E-state index is 0.788. The Kier molecular flexibility index (Phi) is 1.65. The molecule has 1 aliphatic rings. The fraction of sp³-hybridized carbons (Fsp3) is 0.429. The molecule has 0 nitrogen and oxygen atoms in total. The molecule has 0 aliphatic heterocycles. The second-order valence-electron chi connectivity index (χ2n) is 2.16. The molecule has 0 N–H and O–H groups in total. The Morgan fingerprint density at radius 2 is 2.00 bits per heavy atom. The second-order valence-corrected chi connectivity index (χ2v) is 2.16. The Bertz CT molecular complexity index is 158. The number of hydrogen-bond acceptors (Lipinski definition) is 0. The molecule has 0 bridgehead atoms. The topological polar surface area (TPSA) is 0 Å². The van der Waals surface area contributed by atoms with E-state index in [1.807, 2.05) is 0 Å². The highest BCUT2D eigenvalue weighted by molar-refractivity contribution is 5.25. The minimum atomic E-state index is -1.44. The lowest BCUT2D eigenvalue weighted by Crippen LogP contribution is -2.14. The Hall–Kier alpha value is -0.660. The van der Waals surface area contributed by atoms with Gasteiger partial charge in [-0.1, -0.05) is 11.6 Å². The lowest BCUT2D eigenvalue weighted by Gasteiger charge is -2.10. The van der Waals surface area contributed by atoms with E-state index in [1.165, 1.54) is 12.2 Å². The molecule has 9 heavy (non-hydrogen) atoms. The molecule has 0 fully saturated rings. The number of allylic oxidation sites excluding steroid dienone is 4. The maximum Gasteiger partial charge on any atom is 0.153 e. The highest BCUT2D eigenvalue weighted by Gasteiger charge is 2.17. The second kappa shape index (κ2) is 2.29. The van der Waals surface area contributed by atoms with E-state index < -0.39 is 12.3 Å². The van der Waals surface area contributed by atoms with Gasteiger partial charge in [0.2, 0.25) is 0 Å². The fourth-order valence-corrected chi connectivity index (χ4v) is 0.748. The van der Waals surface area contributed by atoms with Crippen LogP contribution in [0.15, 0.2) is 23.8 Å². The van der Waals surface area contributed by atoms with E-state index in [0.717, 1.165) is 5.57 Å². The first-order valence-electron chi connectivity index (χ1n) is 2.85. The van der Waals surface area contributed by atoms with Crippen LogP contribution < -0.4 is 0 Å². The maximum atomic E-state index is 12.3. The van der Waals surface area contributed by atoms with Crippen molar-refractivity contribution in [1.29, 1.82) is 0 Å². The number of hydrogen-bond donors (Lipinski definition) is 0. The van der Waals surface area contributed by atoms with Gasteiger partial charge in [0, 0.05) is 0 Å². The molecule has 2 atom stereocenters. The van der Waals surface area contributed by atoms with Crippen molar-refractivity contribution in [2.75, 3.05) is 0 Å². The summed E-state index contributed by atoms with van der Waals surface area (Å²) in [4.78, 5) is 0. The largest absolute Gasteiger partial charge is 0.239 e. The summed E-state index contributed by atoms with van der Waals surface area (Å²) in [5, 5.41) is 0. The quantitative estimate of drug-likeness (QED) is 0.471. The van der Waals surface area contributed by atoms with Crippen molar-refractivity contribution in [1.82, 2.24) is 0 Å². The van der Waals surface area contributed by atoms with Gasteiger partial charge in [-0.25, -0.2) is 8.78 Å². The summed E-state index contributed by atoms with van der Waals surface area (Å²) in [6, 6.07) is 0. The van der Waals surface area contributed by atoms with Crippen LogP contribution >= 0.6 is 0 Å². The Labute approximate surface area is 52.9 Å². The predicted octanol–water partition coefficient (Wildman–Crippen LogP) is 2.18. The highest BCUT2D eigenvalue weighted by Crippen LogP contribution is 2.15.